The summed E-state index contributed by atoms with van der Waals surface area (Å²) >= 11 is 0. The van der Waals surface area contributed by atoms with Crippen LogP contribution in [-0.4, -0.2) is 38.1 Å². The number of hydrogen-bond donors (Lipinski definition) is 1. The van der Waals surface area contributed by atoms with Crippen LogP contribution in [0, 0.1) is 5.41 Å². The summed E-state index contributed by atoms with van der Waals surface area (Å²) in [5, 5.41) is 0. The van der Waals surface area contributed by atoms with Crippen molar-refractivity contribution < 1.29 is 8.42 Å². The second kappa shape index (κ2) is 2.68. The van der Waals surface area contributed by atoms with Crippen LogP contribution in [0.4, 0.5) is 0 Å². The summed E-state index contributed by atoms with van der Waals surface area (Å²) in [4.78, 5) is 0. The predicted octanol–water partition coefficient (Wildman–Crippen LogP) is -0.241. The maximum atomic E-state index is 11.2. The first-order valence-electron chi connectivity index (χ1n) is 4.65. The third-order valence-corrected chi connectivity index (χ3v) is 4.74. The third kappa shape index (κ3) is 1.60. The van der Waals surface area contributed by atoms with Crippen molar-refractivity contribution in [3.05, 3.63) is 0 Å². The Labute approximate surface area is 79.1 Å². The molecule has 0 aromatic carbocycles. The monoisotopic (exact) mass is 204 g/mol. The number of nitrogens with two attached hydrogens (primary N) is 1. The molecule has 1 atom stereocenters. The van der Waals surface area contributed by atoms with E-state index < -0.39 is 10.0 Å². The molecule has 2 fully saturated rings. The lowest BCUT2D eigenvalue weighted by Crippen LogP contribution is -2.39. The summed E-state index contributed by atoms with van der Waals surface area (Å²) in [5.41, 5.74) is 6.13. The quantitative estimate of drug-likeness (QED) is 0.641. The van der Waals surface area contributed by atoms with E-state index in [1.54, 1.807) is 4.31 Å². The summed E-state index contributed by atoms with van der Waals surface area (Å²) < 4.78 is 23.9. The molecule has 1 aliphatic heterocycles. The van der Waals surface area contributed by atoms with Crippen molar-refractivity contribution in [2.45, 2.75) is 25.3 Å². The van der Waals surface area contributed by atoms with E-state index in [9.17, 15) is 8.42 Å². The van der Waals surface area contributed by atoms with Crippen molar-refractivity contribution >= 4 is 10.0 Å². The van der Waals surface area contributed by atoms with Gasteiger partial charge >= 0.3 is 0 Å². The Bertz CT molecular complexity index is 304. The zero-order chi connectivity index (χ0) is 9.69. The molecule has 1 saturated heterocycles. The number of nitrogens with zero attached hydrogens (tertiary/aromatic N) is 1. The minimum atomic E-state index is -2.97. The van der Waals surface area contributed by atoms with Gasteiger partial charge in [0.1, 0.15) is 0 Å². The Morgan fingerprint density at radius 2 is 1.85 bits per heavy atom. The molecule has 1 aliphatic carbocycles. The van der Waals surface area contributed by atoms with E-state index in [0.717, 1.165) is 19.3 Å². The van der Waals surface area contributed by atoms with Gasteiger partial charge in [-0.05, 0) is 24.7 Å². The summed E-state index contributed by atoms with van der Waals surface area (Å²) in [6.07, 6.45) is 4.25. The fraction of sp³-hybridized carbons (Fsp3) is 1.00. The van der Waals surface area contributed by atoms with Gasteiger partial charge in [0.15, 0.2) is 0 Å². The average Bonchev–Trinajstić information content (AvgIpc) is 2.60. The molecule has 1 unspecified atom stereocenters. The van der Waals surface area contributed by atoms with E-state index in [2.05, 4.69) is 0 Å². The largest absolute Gasteiger partial charge is 0.327 e. The summed E-state index contributed by atoms with van der Waals surface area (Å²) in [7, 11) is -2.97. The highest BCUT2D eigenvalue weighted by Gasteiger charge is 2.53. The third-order valence-electron chi connectivity index (χ3n) is 3.44. The van der Waals surface area contributed by atoms with E-state index in [1.165, 1.54) is 6.26 Å². The fourth-order valence-electron chi connectivity index (χ4n) is 2.22. The van der Waals surface area contributed by atoms with Gasteiger partial charge in [-0.3, -0.25) is 0 Å². The lowest BCUT2D eigenvalue weighted by atomic mass is 9.94. The molecule has 2 aliphatic rings. The molecule has 0 bridgehead atoms. The normalized spacial score (nSPS) is 33.5. The van der Waals surface area contributed by atoms with E-state index >= 15 is 0 Å². The second-order valence-corrected chi connectivity index (χ2v) is 6.32. The van der Waals surface area contributed by atoms with Crippen molar-refractivity contribution in [1.82, 2.24) is 4.31 Å². The molecule has 2 N–H and O–H groups in total. The minimum Gasteiger partial charge on any atom is -0.327 e. The van der Waals surface area contributed by atoms with Crippen LogP contribution >= 0.6 is 0 Å². The van der Waals surface area contributed by atoms with Crippen molar-refractivity contribution in [2.24, 2.45) is 11.1 Å². The highest BCUT2D eigenvalue weighted by Crippen LogP contribution is 2.52. The maximum absolute atomic E-state index is 11.2. The first kappa shape index (κ1) is 9.43. The topological polar surface area (TPSA) is 63.4 Å². The zero-order valence-electron chi connectivity index (χ0n) is 7.86. The molecule has 1 saturated carbocycles. The van der Waals surface area contributed by atoms with E-state index in [-0.39, 0.29) is 0 Å². The van der Waals surface area contributed by atoms with Gasteiger partial charge in [0.25, 0.3) is 0 Å². The van der Waals surface area contributed by atoms with E-state index in [1.807, 2.05) is 0 Å². The molecule has 5 heteroatoms. The summed E-state index contributed by atoms with van der Waals surface area (Å²) in [6, 6.07) is 0.328. The van der Waals surface area contributed by atoms with Gasteiger partial charge in [0.2, 0.25) is 10.0 Å². The molecule has 0 amide bonds. The van der Waals surface area contributed by atoms with Crippen LogP contribution in [-0.2, 0) is 10.0 Å². The highest BCUT2D eigenvalue weighted by atomic mass is 32.2. The molecule has 2 rings (SSSR count). The molecule has 4 nitrogen and oxygen atoms in total. The Morgan fingerprint density at radius 3 is 2.15 bits per heavy atom. The van der Waals surface area contributed by atoms with Gasteiger partial charge in [0.05, 0.1) is 6.26 Å². The van der Waals surface area contributed by atoms with Crippen LogP contribution in [0.1, 0.15) is 19.3 Å². The molecule has 0 radical (unpaired) electrons. The van der Waals surface area contributed by atoms with Crippen molar-refractivity contribution in [1.29, 1.82) is 0 Å². The Morgan fingerprint density at radius 1 is 1.38 bits per heavy atom. The Kier molecular flexibility index (Phi) is 1.94. The van der Waals surface area contributed by atoms with Crippen molar-refractivity contribution in [3.8, 4) is 0 Å². The van der Waals surface area contributed by atoms with Crippen LogP contribution in [0.2, 0.25) is 0 Å². The zero-order valence-corrected chi connectivity index (χ0v) is 8.68. The highest BCUT2D eigenvalue weighted by molar-refractivity contribution is 7.88. The van der Waals surface area contributed by atoms with Crippen LogP contribution in [0.5, 0.6) is 0 Å². The van der Waals surface area contributed by atoms with E-state index in [4.69, 9.17) is 5.73 Å². The lowest BCUT2D eigenvalue weighted by molar-refractivity contribution is 0.253. The fourth-order valence-corrected chi connectivity index (χ4v) is 3.06. The standard InChI is InChI=1S/C8H16N2O2S/c1-13(11,12)10-4-2-8(3-5-10)6-7(8)9/h7H,2-6,9H2,1H3. The predicted molar refractivity (Wildman–Crippen MR) is 50.7 cm³/mol. The van der Waals surface area contributed by atoms with Crippen LogP contribution in [0.25, 0.3) is 0 Å². The number of hydrogen-bond acceptors (Lipinski definition) is 3. The van der Waals surface area contributed by atoms with E-state index in [0.29, 0.717) is 24.5 Å². The van der Waals surface area contributed by atoms with Gasteiger partial charge in [-0.15, -0.1) is 0 Å². The molecule has 1 heterocycles. The molecule has 0 aromatic heterocycles. The van der Waals surface area contributed by atoms with Crippen molar-refractivity contribution in [2.75, 3.05) is 19.3 Å². The average molecular weight is 204 g/mol. The molecule has 76 valence electrons. The van der Waals surface area contributed by atoms with Crippen LogP contribution < -0.4 is 5.73 Å². The molecular formula is C8H16N2O2S. The second-order valence-electron chi connectivity index (χ2n) is 4.34. The molecule has 1 spiro atoms. The SMILES string of the molecule is CS(=O)(=O)N1CCC2(CC1)CC2N. The summed E-state index contributed by atoms with van der Waals surface area (Å²) in [6.45, 7) is 1.32. The van der Waals surface area contributed by atoms with Crippen LogP contribution in [0.15, 0.2) is 0 Å². The van der Waals surface area contributed by atoms with Crippen LogP contribution in [0.3, 0.4) is 0 Å². The maximum Gasteiger partial charge on any atom is 0.211 e. The smallest absolute Gasteiger partial charge is 0.211 e. The number of piperidine rings is 1. The van der Waals surface area contributed by atoms with Gasteiger partial charge in [-0.2, -0.15) is 0 Å². The first-order valence-corrected chi connectivity index (χ1v) is 6.50. The Hall–Kier alpha value is -0.130. The molecule has 13 heavy (non-hydrogen) atoms. The number of sulfonamides is 1. The van der Waals surface area contributed by atoms with Crippen molar-refractivity contribution in [3.63, 3.8) is 0 Å². The van der Waals surface area contributed by atoms with Gasteiger partial charge in [0, 0.05) is 19.1 Å². The van der Waals surface area contributed by atoms with Gasteiger partial charge in [-0.25, -0.2) is 12.7 Å². The molecule has 0 aromatic rings. The number of rotatable bonds is 1. The minimum absolute atomic E-state index is 0.307. The first-order chi connectivity index (χ1) is 5.94. The lowest BCUT2D eigenvalue weighted by Gasteiger charge is -2.30. The summed E-state index contributed by atoms with van der Waals surface area (Å²) in [5.74, 6) is 0. The van der Waals surface area contributed by atoms with Gasteiger partial charge < -0.3 is 5.73 Å². The van der Waals surface area contributed by atoms with Gasteiger partial charge in [-0.1, -0.05) is 0 Å². The Balaban J connectivity index is 1.98. The molecular weight excluding hydrogens is 188 g/mol.